The Morgan fingerprint density at radius 1 is 0.654 bits per heavy atom. The lowest BCUT2D eigenvalue weighted by Gasteiger charge is -2.33. The lowest BCUT2D eigenvalue weighted by Crippen LogP contribution is -2.39. The van der Waals surface area contributed by atoms with E-state index in [0.717, 1.165) is 19.3 Å². The molecule has 0 spiro atoms. The third-order valence-corrected chi connectivity index (χ3v) is 14.8. The van der Waals surface area contributed by atoms with Crippen LogP contribution in [0.15, 0.2) is 0 Å². The molecule has 158 valence electrons. The van der Waals surface area contributed by atoms with Crippen molar-refractivity contribution in [2.75, 3.05) is 21.3 Å². The van der Waals surface area contributed by atoms with Crippen molar-refractivity contribution in [1.29, 1.82) is 0 Å². The zero-order valence-electron chi connectivity index (χ0n) is 18.0. The van der Waals surface area contributed by atoms with Crippen molar-refractivity contribution in [2.24, 2.45) is 0 Å². The van der Waals surface area contributed by atoms with Gasteiger partial charge in [0.25, 0.3) is 0 Å². The zero-order valence-corrected chi connectivity index (χ0v) is 23.2. The smallest absolute Gasteiger partial charge is 0.380 e. The standard InChI is InChI=1S/C15H39O7PSi3/c1-10-13(4,17-7)24-20-23(16,21-25-14(5,11-2)18-8)22-26-15(6,12-3)19-9/h10-12,24-26H2,1-9H3. The summed E-state index contributed by atoms with van der Waals surface area (Å²) >= 11 is 0. The molecule has 3 atom stereocenters. The molecule has 0 aliphatic carbocycles. The van der Waals surface area contributed by atoms with E-state index in [9.17, 15) is 4.57 Å². The Bertz CT molecular complexity index is 379. The van der Waals surface area contributed by atoms with Gasteiger partial charge in [-0.25, -0.2) is 4.57 Å². The first-order valence-electron chi connectivity index (χ1n) is 9.18. The van der Waals surface area contributed by atoms with Gasteiger partial charge in [-0.1, -0.05) is 20.8 Å². The first kappa shape index (κ1) is 26.6. The van der Waals surface area contributed by atoms with Crippen LogP contribution in [0.2, 0.25) is 0 Å². The van der Waals surface area contributed by atoms with E-state index in [4.69, 9.17) is 26.8 Å². The number of ether oxygens (including phenoxy) is 3. The van der Waals surface area contributed by atoms with Crippen LogP contribution in [-0.2, 0) is 31.4 Å². The quantitative estimate of drug-likeness (QED) is 0.280. The highest BCUT2D eigenvalue weighted by molar-refractivity contribution is 7.51. The van der Waals surface area contributed by atoms with Crippen molar-refractivity contribution < 1.29 is 31.4 Å². The molecule has 0 heterocycles. The molecule has 0 fully saturated rings. The summed E-state index contributed by atoms with van der Waals surface area (Å²) in [4.78, 5) is 0. The Morgan fingerprint density at radius 3 is 1.04 bits per heavy atom. The fourth-order valence-corrected chi connectivity index (χ4v) is 10.7. The molecule has 0 bridgehead atoms. The predicted octanol–water partition coefficient (Wildman–Crippen LogP) is 1.71. The Kier molecular flexibility index (Phi) is 11.9. The van der Waals surface area contributed by atoms with Crippen LogP contribution in [0.3, 0.4) is 0 Å². The second-order valence-corrected chi connectivity index (χ2v) is 16.6. The molecular weight excluding hydrogens is 407 g/mol. The molecule has 0 aromatic rings. The van der Waals surface area contributed by atoms with Gasteiger partial charge in [0.05, 0.1) is 15.7 Å². The van der Waals surface area contributed by atoms with Gasteiger partial charge in [0.15, 0.2) is 0 Å². The van der Waals surface area contributed by atoms with Crippen molar-refractivity contribution in [3.05, 3.63) is 0 Å². The molecule has 0 radical (unpaired) electrons. The molecule has 26 heavy (non-hydrogen) atoms. The topological polar surface area (TPSA) is 72.5 Å². The monoisotopic (exact) mass is 446 g/mol. The molecule has 0 amide bonds. The van der Waals surface area contributed by atoms with Gasteiger partial charge in [0.2, 0.25) is 29.3 Å². The molecular formula is C15H39O7PSi3. The zero-order chi connectivity index (χ0) is 20.5. The SMILES string of the molecule is CCC(C)(OC)[SiH2]OP(=O)(O[SiH2]C(C)(CC)OC)O[SiH2]C(C)(CC)OC. The molecule has 0 aromatic carbocycles. The molecule has 11 heteroatoms. The summed E-state index contributed by atoms with van der Waals surface area (Å²) in [5.41, 5.74) is 0. The van der Waals surface area contributed by atoms with E-state index in [0.29, 0.717) is 0 Å². The molecule has 0 aliphatic heterocycles. The normalized spacial score (nSPS) is 22.8. The molecule has 3 unspecified atom stereocenters. The third kappa shape index (κ3) is 8.76. The fourth-order valence-electron chi connectivity index (χ4n) is 1.67. The van der Waals surface area contributed by atoms with Gasteiger partial charge in [-0.2, -0.15) is 0 Å². The van der Waals surface area contributed by atoms with Crippen LogP contribution in [0.4, 0.5) is 0 Å². The van der Waals surface area contributed by atoms with Gasteiger partial charge in [-0.3, -0.25) is 0 Å². The largest absolute Gasteiger partial charge is 0.443 e. The number of methoxy groups -OCH3 is 3. The van der Waals surface area contributed by atoms with Crippen LogP contribution in [0.5, 0.6) is 0 Å². The Morgan fingerprint density at radius 2 is 0.885 bits per heavy atom. The summed E-state index contributed by atoms with van der Waals surface area (Å²) in [6.07, 6.45) is 2.33. The summed E-state index contributed by atoms with van der Waals surface area (Å²) in [5.74, 6) is 0. The lowest BCUT2D eigenvalue weighted by molar-refractivity contribution is 0.0558. The van der Waals surface area contributed by atoms with E-state index < -0.39 is 52.8 Å². The van der Waals surface area contributed by atoms with Gasteiger partial charge in [0.1, 0.15) is 0 Å². The number of rotatable bonds is 15. The van der Waals surface area contributed by atoms with Crippen LogP contribution in [0.25, 0.3) is 0 Å². The molecule has 0 rings (SSSR count). The van der Waals surface area contributed by atoms with E-state index in [1.807, 2.05) is 41.5 Å². The van der Waals surface area contributed by atoms with Gasteiger partial charge < -0.3 is 26.8 Å². The van der Waals surface area contributed by atoms with Crippen molar-refractivity contribution in [1.82, 2.24) is 0 Å². The summed E-state index contributed by atoms with van der Waals surface area (Å²) in [6, 6.07) is 0. The Hall–Kier alpha value is 0.641. The Labute approximate surface area is 166 Å². The lowest BCUT2D eigenvalue weighted by atomic mass is 10.3. The average molecular weight is 447 g/mol. The van der Waals surface area contributed by atoms with Crippen molar-refractivity contribution in [3.8, 4) is 0 Å². The molecule has 0 aliphatic rings. The Balaban J connectivity index is 5.21. The minimum Gasteiger partial charge on any atom is -0.380 e. The van der Waals surface area contributed by atoms with Gasteiger partial charge >= 0.3 is 7.82 Å². The summed E-state index contributed by atoms with van der Waals surface area (Å²) < 4.78 is 47.4. The maximum atomic E-state index is 13.3. The minimum atomic E-state index is -3.64. The van der Waals surface area contributed by atoms with Crippen LogP contribution in [-0.4, -0.2) is 66.3 Å². The van der Waals surface area contributed by atoms with Crippen LogP contribution in [0.1, 0.15) is 60.8 Å². The third-order valence-electron chi connectivity index (χ3n) is 5.31. The van der Waals surface area contributed by atoms with Gasteiger partial charge in [-0.05, 0) is 40.0 Å². The average Bonchev–Trinajstić information content (AvgIpc) is 2.68. The first-order valence-corrected chi connectivity index (χ1v) is 14.5. The van der Waals surface area contributed by atoms with Crippen molar-refractivity contribution >= 4 is 37.1 Å². The van der Waals surface area contributed by atoms with Gasteiger partial charge in [-0.15, -0.1) is 0 Å². The van der Waals surface area contributed by atoms with E-state index in [-0.39, 0.29) is 0 Å². The van der Waals surface area contributed by atoms with E-state index in [1.165, 1.54) is 0 Å². The minimum absolute atomic E-state index is 0.407. The van der Waals surface area contributed by atoms with Gasteiger partial charge in [0, 0.05) is 21.3 Å². The molecule has 0 saturated carbocycles. The number of hydrogen-bond acceptors (Lipinski definition) is 7. The van der Waals surface area contributed by atoms with E-state index >= 15 is 0 Å². The summed E-state index contributed by atoms with van der Waals surface area (Å²) in [7, 11) is -2.61. The highest BCUT2D eigenvalue weighted by atomic mass is 31.2. The maximum Gasteiger partial charge on any atom is 0.443 e. The van der Waals surface area contributed by atoms with Crippen LogP contribution < -0.4 is 0 Å². The first-order chi connectivity index (χ1) is 12.0. The molecule has 0 N–H and O–H groups in total. The second kappa shape index (κ2) is 11.6. The summed E-state index contributed by atoms with van der Waals surface area (Å²) in [6.45, 7) is 12.0. The van der Waals surface area contributed by atoms with Crippen LogP contribution >= 0.6 is 7.82 Å². The maximum absolute atomic E-state index is 13.3. The summed E-state index contributed by atoms with van der Waals surface area (Å²) in [5, 5.41) is -1.22. The van der Waals surface area contributed by atoms with Crippen molar-refractivity contribution in [3.63, 3.8) is 0 Å². The van der Waals surface area contributed by atoms with E-state index in [2.05, 4.69) is 0 Å². The van der Waals surface area contributed by atoms with Crippen LogP contribution in [0, 0.1) is 0 Å². The molecule has 0 aromatic heterocycles. The number of hydrogen-bond donors (Lipinski definition) is 0. The molecule has 0 saturated heterocycles. The van der Waals surface area contributed by atoms with Crippen molar-refractivity contribution in [2.45, 2.75) is 76.5 Å². The highest BCUT2D eigenvalue weighted by Gasteiger charge is 2.37. The molecule has 7 nitrogen and oxygen atoms in total. The highest BCUT2D eigenvalue weighted by Crippen LogP contribution is 2.50. The number of phosphoric acid groups is 1. The fraction of sp³-hybridized carbons (Fsp3) is 1.00. The van der Waals surface area contributed by atoms with E-state index in [1.54, 1.807) is 21.3 Å². The predicted molar refractivity (Wildman–Crippen MR) is 114 cm³/mol. The second-order valence-electron chi connectivity index (χ2n) is 7.29.